The van der Waals surface area contributed by atoms with Crippen LogP contribution >= 0.6 is 0 Å². The Morgan fingerprint density at radius 2 is 1.64 bits per heavy atom. The van der Waals surface area contributed by atoms with Crippen molar-refractivity contribution in [3.05, 3.63) is 0 Å². The van der Waals surface area contributed by atoms with Gasteiger partial charge in [0.25, 0.3) is 0 Å². The van der Waals surface area contributed by atoms with E-state index in [2.05, 4.69) is 13.8 Å². The highest BCUT2D eigenvalue weighted by atomic mass is 16.5. The number of nitrogens with two attached hydrogens (primary N) is 1. The van der Waals surface area contributed by atoms with Crippen molar-refractivity contribution in [2.24, 2.45) is 5.73 Å². The largest absolute Gasteiger partial charge is 0.376 e. The van der Waals surface area contributed by atoms with E-state index in [4.69, 9.17) is 10.5 Å². The van der Waals surface area contributed by atoms with Gasteiger partial charge in [0.2, 0.25) is 0 Å². The molecule has 0 rings (SSSR count). The third kappa shape index (κ3) is 6.32. The summed E-state index contributed by atoms with van der Waals surface area (Å²) >= 11 is 0. The van der Waals surface area contributed by atoms with Crippen LogP contribution in [-0.2, 0) is 4.74 Å². The first kappa shape index (κ1) is 10.9. The van der Waals surface area contributed by atoms with Crippen molar-refractivity contribution in [1.29, 1.82) is 0 Å². The molecule has 0 aliphatic carbocycles. The minimum absolute atomic E-state index is 0.0903. The highest BCUT2D eigenvalue weighted by Gasteiger charge is 2.25. The fourth-order valence-electron chi connectivity index (χ4n) is 1.54. The Labute approximate surface area is 70.1 Å². The molecule has 0 aliphatic heterocycles. The molecule has 68 valence electrons. The van der Waals surface area contributed by atoms with E-state index in [0.717, 1.165) is 13.0 Å². The van der Waals surface area contributed by atoms with Gasteiger partial charge < -0.3 is 10.5 Å². The van der Waals surface area contributed by atoms with Crippen molar-refractivity contribution in [1.82, 2.24) is 0 Å². The summed E-state index contributed by atoms with van der Waals surface area (Å²) in [6.45, 7) is 11.0. The van der Waals surface area contributed by atoms with Crippen molar-refractivity contribution in [2.75, 3.05) is 6.61 Å². The van der Waals surface area contributed by atoms with Crippen LogP contribution < -0.4 is 5.73 Å². The normalized spacial score (nSPS) is 13.6. The number of hydrogen-bond acceptors (Lipinski definition) is 2. The van der Waals surface area contributed by atoms with Crippen molar-refractivity contribution in [3.63, 3.8) is 0 Å². The molecule has 2 nitrogen and oxygen atoms in total. The van der Waals surface area contributed by atoms with Crippen LogP contribution in [0.2, 0.25) is 0 Å². The van der Waals surface area contributed by atoms with Gasteiger partial charge >= 0.3 is 0 Å². The minimum Gasteiger partial charge on any atom is -0.376 e. The summed E-state index contributed by atoms with van der Waals surface area (Å²) in [5.74, 6) is 0. The first-order chi connectivity index (χ1) is 4.77. The Morgan fingerprint density at radius 1 is 1.18 bits per heavy atom. The third-order valence-corrected chi connectivity index (χ3v) is 1.42. The maximum atomic E-state index is 5.87. The Hall–Kier alpha value is -0.0800. The van der Waals surface area contributed by atoms with Gasteiger partial charge in [0.1, 0.15) is 0 Å². The first-order valence-corrected chi connectivity index (χ1v) is 4.20. The van der Waals surface area contributed by atoms with Crippen molar-refractivity contribution >= 4 is 0 Å². The van der Waals surface area contributed by atoms with Gasteiger partial charge in [-0.3, -0.25) is 0 Å². The lowest BCUT2D eigenvalue weighted by Crippen LogP contribution is -2.41. The monoisotopic (exact) mass is 159 g/mol. The molecular formula is C9H21NO. The Kier molecular flexibility index (Phi) is 3.52. The molecule has 0 amide bonds. The van der Waals surface area contributed by atoms with Gasteiger partial charge in [-0.25, -0.2) is 0 Å². The molecule has 0 radical (unpaired) electrons. The summed E-state index contributed by atoms with van der Waals surface area (Å²) in [5, 5.41) is 0. The summed E-state index contributed by atoms with van der Waals surface area (Å²) in [6.07, 6.45) is 0.883. The molecule has 0 aromatic rings. The number of rotatable bonds is 4. The molecule has 0 aliphatic rings. The van der Waals surface area contributed by atoms with Crippen LogP contribution in [0, 0.1) is 0 Å². The summed E-state index contributed by atoms with van der Waals surface area (Å²) in [6, 6.07) is 0. The molecule has 0 saturated carbocycles. The molecule has 0 fully saturated rings. The lowest BCUT2D eigenvalue weighted by molar-refractivity contribution is -0.0277. The quantitative estimate of drug-likeness (QED) is 0.680. The molecular weight excluding hydrogens is 138 g/mol. The van der Waals surface area contributed by atoms with Crippen molar-refractivity contribution in [3.8, 4) is 0 Å². The van der Waals surface area contributed by atoms with E-state index in [0.29, 0.717) is 0 Å². The fourth-order valence-corrected chi connectivity index (χ4v) is 1.54. The molecule has 0 heterocycles. The average molecular weight is 159 g/mol. The molecule has 0 unspecified atom stereocenters. The van der Waals surface area contributed by atoms with Gasteiger partial charge in [-0.15, -0.1) is 0 Å². The third-order valence-electron chi connectivity index (χ3n) is 1.42. The maximum Gasteiger partial charge on any atom is 0.0643 e. The maximum absolute atomic E-state index is 5.87. The van der Waals surface area contributed by atoms with Gasteiger partial charge in [0.05, 0.1) is 5.60 Å². The molecule has 0 saturated heterocycles. The van der Waals surface area contributed by atoms with Crippen molar-refractivity contribution in [2.45, 2.75) is 52.2 Å². The van der Waals surface area contributed by atoms with Crippen LogP contribution in [-0.4, -0.2) is 17.7 Å². The zero-order valence-electron chi connectivity index (χ0n) is 8.40. The molecule has 0 atom stereocenters. The minimum atomic E-state index is -0.140. The van der Waals surface area contributed by atoms with E-state index in [1.807, 2.05) is 20.8 Å². The van der Waals surface area contributed by atoms with Crippen molar-refractivity contribution < 1.29 is 4.74 Å². The van der Waals surface area contributed by atoms with Crippen LogP contribution in [0.3, 0.4) is 0 Å². The first-order valence-electron chi connectivity index (χ1n) is 4.20. The lowest BCUT2D eigenvalue weighted by Gasteiger charge is -2.31. The van der Waals surface area contributed by atoms with Crippen LogP contribution in [0.1, 0.15) is 41.0 Å². The molecule has 0 spiro atoms. The molecule has 0 aromatic carbocycles. The standard InChI is InChI=1S/C9H21NO/c1-6-11-9(4,5)7-8(2,3)10/h6-7,10H2,1-5H3. The van der Waals surface area contributed by atoms with Gasteiger partial charge in [-0.1, -0.05) is 0 Å². The lowest BCUT2D eigenvalue weighted by atomic mass is 9.90. The molecule has 2 heteroatoms. The van der Waals surface area contributed by atoms with E-state index in [9.17, 15) is 0 Å². The van der Waals surface area contributed by atoms with Gasteiger partial charge in [0, 0.05) is 12.1 Å². The molecule has 0 aromatic heterocycles. The highest BCUT2D eigenvalue weighted by Crippen LogP contribution is 2.21. The van der Waals surface area contributed by atoms with Crippen LogP contribution in [0.5, 0.6) is 0 Å². The average Bonchev–Trinajstić information content (AvgIpc) is 1.55. The Balaban J connectivity index is 3.91. The van der Waals surface area contributed by atoms with E-state index >= 15 is 0 Å². The zero-order chi connectivity index (χ0) is 9.12. The van der Waals surface area contributed by atoms with Gasteiger partial charge in [-0.05, 0) is 41.0 Å². The van der Waals surface area contributed by atoms with E-state index in [1.165, 1.54) is 0 Å². The molecule has 2 N–H and O–H groups in total. The Morgan fingerprint density at radius 3 is 1.91 bits per heavy atom. The summed E-state index contributed by atoms with van der Waals surface area (Å²) in [7, 11) is 0. The number of ether oxygens (including phenoxy) is 1. The predicted molar refractivity (Wildman–Crippen MR) is 48.6 cm³/mol. The van der Waals surface area contributed by atoms with Crippen LogP contribution in [0.4, 0.5) is 0 Å². The second-order valence-corrected chi connectivity index (χ2v) is 4.36. The highest BCUT2D eigenvalue weighted by molar-refractivity contribution is 4.82. The van der Waals surface area contributed by atoms with Gasteiger partial charge in [0.15, 0.2) is 0 Å². The van der Waals surface area contributed by atoms with Gasteiger partial charge in [-0.2, -0.15) is 0 Å². The second-order valence-electron chi connectivity index (χ2n) is 4.36. The summed E-state index contributed by atoms with van der Waals surface area (Å²) < 4.78 is 5.53. The van der Waals surface area contributed by atoms with E-state index in [-0.39, 0.29) is 11.1 Å². The topological polar surface area (TPSA) is 35.2 Å². The molecule has 11 heavy (non-hydrogen) atoms. The van der Waals surface area contributed by atoms with E-state index in [1.54, 1.807) is 0 Å². The Bertz CT molecular complexity index is 113. The molecule has 0 bridgehead atoms. The zero-order valence-corrected chi connectivity index (χ0v) is 8.40. The summed E-state index contributed by atoms with van der Waals surface area (Å²) in [4.78, 5) is 0. The van der Waals surface area contributed by atoms with Crippen LogP contribution in [0.15, 0.2) is 0 Å². The SMILES string of the molecule is CCOC(C)(C)CC(C)(C)N. The predicted octanol–water partition coefficient (Wildman–Crippen LogP) is 1.93. The van der Waals surface area contributed by atoms with Crippen LogP contribution in [0.25, 0.3) is 0 Å². The van der Waals surface area contributed by atoms with E-state index < -0.39 is 0 Å². The fraction of sp³-hybridized carbons (Fsp3) is 1.00. The number of hydrogen-bond donors (Lipinski definition) is 1. The second kappa shape index (κ2) is 3.55. The smallest absolute Gasteiger partial charge is 0.0643 e. The summed E-state index contributed by atoms with van der Waals surface area (Å²) in [5.41, 5.74) is 5.64.